The molecule has 0 aliphatic carbocycles. The van der Waals surface area contributed by atoms with Crippen molar-refractivity contribution in [2.75, 3.05) is 19.8 Å². The van der Waals surface area contributed by atoms with Crippen LogP contribution in [-0.4, -0.2) is 19.8 Å². The van der Waals surface area contributed by atoms with Crippen LogP contribution >= 0.6 is 11.6 Å². The molecule has 0 spiro atoms. The van der Waals surface area contributed by atoms with Crippen LogP contribution < -0.4 is 10.1 Å². The van der Waals surface area contributed by atoms with Gasteiger partial charge in [0.25, 0.3) is 0 Å². The van der Waals surface area contributed by atoms with Crippen molar-refractivity contribution in [1.29, 1.82) is 0 Å². The average Bonchev–Trinajstić information content (AvgIpc) is 2.33. The van der Waals surface area contributed by atoms with Gasteiger partial charge in [-0.2, -0.15) is 0 Å². The third-order valence-electron chi connectivity index (χ3n) is 2.71. The Kier molecular flexibility index (Phi) is 4.02. The Morgan fingerprint density at radius 1 is 1.44 bits per heavy atom. The zero-order valence-corrected chi connectivity index (χ0v) is 9.82. The minimum absolute atomic E-state index is 0.355. The lowest BCUT2D eigenvalue weighted by Crippen LogP contribution is -2.23. The highest BCUT2D eigenvalue weighted by molar-refractivity contribution is 6.33. The van der Waals surface area contributed by atoms with Crippen molar-refractivity contribution in [2.45, 2.75) is 19.4 Å². The van der Waals surface area contributed by atoms with Gasteiger partial charge in [0, 0.05) is 13.0 Å². The normalized spacial score (nSPS) is 14.6. The Morgan fingerprint density at radius 3 is 3.12 bits per heavy atom. The summed E-state index contributed by atoms with van der Waals surface area (Å²) in [4.78, 5) is 0. The molecule has 2 nitrogen and oxygen atoms in total. The fourth-order valence-electron chi connectivity index (χ4n) is 1.86. The van der Waals surface area contributed by atoms with Crippen LogP contribution in [0, 0.1) is 0 Å². The van der Waals surface area contributed by atoms with E-state index in [1.165, 1.54) is 5.56 Å². The van der Waals surface area contributed by atoms with Crippen LogP contribution in [0.4, 0.5) is 4.39 Å². The van der Waals surface area contributed by atoms with E-state index in [0.717, 1.165) is 25.1 Å². The molecule has 1 N–H and O–H groups in total. The molecular weight excluding hydrogens is 229 g/mol. The van der Waals surface area contributed by atoms with E-state index >= 15 is 0 Å². The highest BCUT2D eigenvalue weighted by atomic mass is 35.5. The Balaban J connectivity index is 2.14. The molecule has 0 saturated heterocycles. The molecule has 1 aromatic rings. The van der Waals surface area contributed by atoms with Gasteiger partial charge in [-0.3, -0.25) is 4.39 Å². The van der Waals surface area contributed by atoms with Gasteiger partial charge in [0.1, 0.15) is 5.75 Å². The molecule has 88 valence electrons. The van der Waals surface area contributed by atoms with Gasteiger partial charge in [0.05, 0.1) is 18.3 Å². The number of rotatable bonds is 4. The lowest BCUT2D eigenvalue weighted by molar-refractivity contribution is 0.289. The first kappa shape index (κ1) is 11.7. The number of fused-ring (bicyclic) bond motifs is 1. The molecule has 1 heterocycles. The second-order valence-electron chi connectivity index (χ2n) is 3.83. The van der Waals surface area contributed by atoms with Gasteiger partial charge in [-0.05, 0) is 30.2 Å². The fourth-order valence-corrected chi connectivity index (χ4v) is 2.19. The third-order valence-corrected chi connectivity index (χ3v) is 3.12. The molecule has 1 aliphatic heterocycles. The van der Waals surface area contributed by atoms with Crippen molar-refractivity contribution < 1.29 is 9.13 Å². The zero-order valence-electron chi connectivity index (χ0n) is 9.06. The van der Waals surface area contributed by atoms with E-state index in [4.69, 9.17) is 16.3 Å². The molecule has 1 aromatic carbocycles. The average molecular weight is 244 g/mol. The van der Waals surface area contributed by atoms with Crippen molar-refractivity contribution in [1.82, 2.24) is 5.32 Å². The number of hydrogen-bond acceptors (Lipinski definition) is 2. The molecule has 0 fully saturated rings. The first-order valence-corrected chi connectivity index (χ1v) is 5.90. The zero-order chi connectivity index (χ0) is 11.4. The quantitative estimate of drug-likeness (QED) is 0.821. The van der Waals surface area contributed by atoms with E-state index in [-0.39, 0.29) is 6.67 Å². The molecular formula is C12H15ClFNO. The van der Waals surface area contributed by atoms with Gasteiger partial charge in [0.15, 0.2) is 0 Å². The molecule has 2 rings (SSSR count). The van der Waals surface area contributed by atoms with Crippen LogP contribution in [0.1, 0.15) is 17.5 Å². The number of hydrogen-bond donors (Lipinski definition) is 1. The van der Waals surface area contributed by atoms with Gasteiger partial charge in [-0.1, -0.05) is 17.7 Å². The van der Waals surface area contributed by atoms with Crippen LogP contribution in [0.3, 0.4) is 0 Å². The molecule has 0 aromatic heterocycles. The standard InChI is InChI=1S/C12H15ClFNO/c13-12-10-4-6-15-8-9(10)2-3-11(12)16-7-1-5-14/h2-3,15H,1,4-8H2. The van der Waals surface area contributed by atoms with Crippen molar-refractivity contribution in [2.24, 2.45) is 0 Å². The minimum Gasteiger partial charge on any atom is -0.492 e. The summed E-state index contributed by atoms with van der Waals surface area (Å²) in [5.41, 5.74) is 2.40. The molecule has 4 heteroatoms. The van der Waals surface area contributed by atoms with Crippen molar-refractivity contribution in [3.05, 3.63) is 28.3 Å². The maximum absolute atomic E-state index is 11.9. The molecule has 16 heavy (non-hydrogen) atoms. The molecule has 0 radical (unpaired) electrons. The van der Waals surface area contributed by atoms with Crippen LogP contribution in [0.2, 0.25) is 5.02 Å². The lowest BCUT2D eigenvalue weighted by atomic mass is 10.0. The first-order chi connectivity index (χ1) is 7.83. The highest BCUT2D eigenvalue weighted by Gasteiger charge is 2.15. The smallest absolute Gasteiger partial charge is 0.138 e. The summed E-state index contributed by atoms with van der Waals surface area (Å²) in [6.07, 6.45) is 1.34. The Labute approximate surface area is 99.7 Å². The van der Waals surface area contributed by atoms with Gasteiger partial charge in [-0.25, -0.2) is 0 Å². The van der Waals surface area contributed by atoms with Crippen molar-refractivity contribution >= 4 is 11.6 Å². The van der Waals surface area contributed by atoms with Crippen molar-refractivity contribution in [3.63, 3.8) is 0 Å². The summed E-state index contributed by atoms with van der Waals surface area (Å²) < 4.78 is 17.4. The topological polar surface area (TPSA) is 21.3 Å². The van der Waals surface area contributed by atoms with E-state index in [0.29, 0.717) is 23.8 Å². The van der Waals surface area contributed by atoms with E-state index in [1.807, 2.05) is 12.1 Å². The summed E-state index contributed by atoms with van der Waals surface area (Å²) in [7, 11) is 0. The van der Waals surface area contributed by atoms with E-state index in [9.17, 15) is 4.39 Å². The fraction of sp³-hybridized carbons (Fsp3) is 0.500. The van der Waals surface area contributed by atoms with E-state index in [2.05, 4.69) is 5.32 Å². The number of benzene rings is 1. The number of ether oxygens (including phenoxy) is 1. The number of alkyl halides is 1. The van der Waals surface area contributed by atoms with Crippen LogP contribution in [0.25, 0.3) is 0 Å². The first-order valence-electron chi connectivity index (χ1n) is 5.52. The molecule has 0 atom stereocenters. The van der Waals surface area contributed by atoms with Crippen LogP contribution in [-0.2, 0) is 13.0 Å². The summed E-state index contributed by atoms with van der Waals surface area (Å²) in [6, 6.07) is 3.89. The molecule has 1 aliphatic rings. The SMILES string of the molecule is FCCCOc1ccc2c(c1Cl)CCNC2. The molecule has 0 unspecified atom stereocenters. The second kappa shape index (κ2) is 5.51. The Hall–Kier alpha value is -0.800. The second-order valence-corrected chi connectivity index (χ2v) is 4.21. The van der Waals surface area contributed by atoms with Gasteiger partial charge in [-0.15, -0.1) is 0 Å². The van der Waals surface area contributed by atoms with Crippen LogP contribution in [0.15, 0.2) is 12.1 Å². The van der Waals surface area contributed by atoms with Crippen molar-refractivity contribution in [3.8, 4) is 5.75 Å². The lowest BCUT2D eigenvalue weighted by Gasteiger charge is -2.20. The highest BCUT2D eigenvalue weighted by Crippen LogP contribution is 2.32. The third kappa shape index (κ3) is 2.47. The monoisotopic (exact) mass is 243 g/mol. The summed E-state index contributed by atoms with van der Waals surface area (Å²) >= 11 is 6.26. The maximum Gasteiger partial charge on any atom is 0.138 e. The predicted octanol–water partition coefficient (Wildman–Crippen LogP) is 2.72. The van der Waals surface area contributed by atoms with E-state index < -0.39 is 0 Å². The van der Waals surface area contributed by atoms with E-state index in [1.54, 1.807) is 0 Å². The number of halogens is 2. The Morgan fingerprint density at radius 2 is 2.31 bits per heavy atom. The molecule has 0 saturated carbocycles. The van der Waals surface area contributed by atoms with Crippen LogP contribution in [0.5, 0.6) is 5.75 Å². The molecule has 0 bridgehead atoms. The summed E-state index contributed by atoms with van der Waals surface area (Å²) in [6.45, 7) is 1.83. The molecule has 0 amide bonds. The number of nitrogens with one attached hydrogen (secondary N) is 1. The minimum atomic E-state index is -0.355. The van der Waals surface area contributed by atoms with Gasteiger partial charge in [0.2, 0.25) is 0 Å². The van der Waals surface area contributed by atoms with Gasteiger partial charge >= 0.3 is 0 Å². The largest absolute Gasteiger partial charge is 0.492 e. The predicted molar refractivity (Wildman–Crippen MR) is 62.9 cm³/mol. The summed E-state index contributed by atoms with van der Waals surface area (Å²) in [5.74, 6) is 0.677. The Bertz CT molecular complexity index is 370. The maximum atomic E-state index is 11.9. The summed E-state index contributed by atoms with van der Waals surface area (Å²) in [5, 5.41) is 3.98. The van der Waals surface area contributed by atoms with Gasteiger partial charge < -0.3 is 10.1 Å².